The van der Waals surface area contributed by atoms with Crippen molar-refractivity contribution in [2.24, 2.45) is 0 Å². The van der Waals surface area contributed by atoms with Crippen molar-refractivity contribution in [1.29, 1.82) is 0 Å². The van der Waals surface area contributed by atoms with Gasteiger partial charge in [0, 0.05) is 23.4 Å². The number of methoxy groups -OCH3 is 1. The Morgan fingerprint density at radius 3 is 2.77 bits per heavy atom. The zero-order valence-corrected chi connectivity index (χ0v) is 14.7. The number of rotatable bonds is 7. The topological polar surface area (TPSA) is 86.1 Å². The summed E-state index contributed by atoms with van der Waals surface area (Å²) < 4.78 is 34.5. The monoisotopic (exact) mass is 344 g/mol. The van der Waals surface area contributed by atoms with Crippen LogP contribution in [0.5, 0.6) is 0 Å². The molecule has 0 spiro atoms. The SMILES string of the molecule is COCCn1cnnc1C(C)NS(=O)(=O)c1cc(C)sc1C. The Bertz CT molecular complexity index is 736. The van der Waals surface area contributed by atoms with E-state index in [1.165, 1.54) is 11.3 Å². The lowest BCUT2D eigenvalue weighted by Gasteiger charge is -2.14. The maximum absolute atomic E-state index is 12.5. The second kappa shape index (κ2) is 6.86. The first-order valence-electron chi connectivity index (χ1n) is 6.81. The van der Waals surface area contributed by atoms with Crippen LogP contribution in [0.4, 0.5) is 0 Å². The Balaban J connectivity index is 2.19. The van der Waals surface area contributed by atoms with Gasteiger partial charge in [-0.1, -0.05) is 0 Å². The van der Waals surface area contributed by atoms with Crippen LogP contribution in [0.1, 0.15) is 28.5 Å². The number of nitrogens with one attached hydrogen (secondary N) is 1. The molecule has 1 unspecified atom stereocenters. The molecular formula is C13H20N4O3S2. The third kappa shape index (κ3) is 3.72. The minimum atomic E-state index is -3.58. The quantitative estimate of drug-likeness (QED) is 0.825. The molecule has 0 amide bonds. The fourth-order valence-corrected chi connectivity index (χ4v) is 4.94. The number of aryl methyl sites for hydroxylation is 2. The lowest BCUT2D eigenvalue weighted by atomic mass is 10.3. The van der Waals surface area contributed by atoms with Crippen LogP contribution in [-0.2, 0) is 21.3 Å². The van der Waals surface area contributed by atoms with Crippen molar-refractivity contribution in [3.05, 3.63) is 28.0 Å². The normalized spacial score (nSPS) is 13.5. The van der Waals surface area contributed by atoms with E-state index in [4.69, 9.17) is 4.74 Å². The standard InChI is InChI=1S/C13H20N4O3S2/c1-9-7-12(11(3)21-9)22(18,19)16-10(2)13-15-14-8-17(13)5-6-20-4/h7-8,10,16H,5-6H2,1-4H3. The van der Waals surface area contributed by atoms with Gasteiger partial charge in [-0.05, 0) is 26.8 Å². The molecule has 0 saturated heterocycles. The number of hydrogen-bond donors (Lipinski definition) is 1. The van der Waals surface area contributed by atoms with Crippen LogP contribution < -0.4 is 4.72 Å². The maximum Gasteiger partial charge on any atom is 0.242 e. The smallest absolute Gasteiger partial charge is 0.242 e. The Kier molecular flexibility index (Phi) is 5.32. The minimum Gasteiger partial charge on any atom is -0.383 e. The molecule has 0 fully saturated rings. The molecule has 0 aliphatic heterocycles. The maximum atomic E-state index is 12.5. The third-order valence-corrected chi connectivity index (χ3v) is 5.95. The molecule has 1 N–H and O–H groups in total. The minimum absolute atomic E-state index is 0.324. The third-order valence-electron chi connectivity index (χ3n) is 3.19. The molecule has 122 valence electrons. The highest BCUT2D eigenvalue weighted by Crippen LogP contribution is 2.26. The fourth-order valence-electron chi connectivity index (χ4n) is 2.18. The van der Waals surface area contributed by atoms with E-state index in [-0.39, 0.29) is 0 Å². The summed E-state index contributed by atoms with van der Waals surface area (Å²) in [7, 11) is -1.98. The first-order valence-corrected chi connectivity index (χ1v) is 9.11. The highest BCUT2D eigenvalue weighted by atomic mass is 32.2. The molecule has 0 radical (unpaired) electrons. The van der Waals surface area contributed by atoms with Crippen molar-refractivity contribution in [3.8, 4) is 0 Å². The zero-order valence-electron chi connectivity index (χ0n) is 13.0. The highest BCUT2D eigenvalue weighted by Gasteiger charge is 2.24. The van der Waals surface area contributed by atoms with E-state index in [0.717, 1.165) is 9.75 Å². The summed E-state index contributed by atoms with van der Waals surface area (Å²) in [5.41, 5.74) is 0. The Morgan fingerprint density at radius 1 is 1.45 bits per heavy atom. The Hall–Kier alpha value is -1.29. The van der Waals surface area contributed by atoms with Gasteiger partial charge in [0.15, 0.2) is 5.82 Å². The largest absolute Gasteiger partial charge is 0.383 e. The van der Waals surface area contributed by atoms with Gasteiger partial charge in [0.2, 0.25) is 10.0 Å². The Labute approximate surface area is 134 Å². The number of thiophene rings is 1. The van der Waals surface area contributed by atoms with E-state index in [2.05, 4.69) is 14.9 Å². The van der Waals surface area contributed by atoms with E-state index in [0.29, 0.717) is 23.9 Å². The molecule has 0 saturated carbocycles. The summed E-state index contributed by atoms with van der Waals surface area (Å²) in [6.45, 7) is 6.52. The van der Waals surface area contributed by atoms with Crippen molar-refractivity contribution in [2.75, 3.05) is 13.7 Å². The number of ether oxygens (including phenoxy) is 1. The van der Waals surface area contributed by atoms with Gasteiger partial charge in [0.1, 0.15) is 6.33 Å². The highest BCUT2D eigenvalue weighted by molar-refractivity contribution is 7.89. The van der Waals surface area contributed by atoms with E-state index in [1.54, 1.807) is 37.9 Å². The van der Waals surface area contributed by atoms with Crippen LogP contribution in [0.2, 0.25) is 0 Å². The predicted octanol–water partition coefficient (Wildman–Crippen LogP) is 1.64. The summed E-state index contributed by atoms with van der Waals surface area (Å²) in [5.74, 6) is 0.560. The summed E-state index contributed by atoms with van der Waals surface area (Å²) in [6, 6.07) is 1.20. The molecule has 2 heterocycles. The molecule has 2 aromatic rings. The van der Waals surface area contributed by atoms with Gasteiger partial charge >= 0.3 is 0 Å². The number of sulfonamides is 1. The summed E-state index contributed by atoms with van der Waals surface area (Å²) >= 11 is 1.47. The van der Waals surface area contributed by atoms with Crippen LogP contribution in [0.3, 0.4) is 0 Å². The molecule has 9 heteroatoms. The first-order chi connectivity index (χ1) is 10.3. The summed E-state index contributed by atoms with van der Waals surface area (Å²) in [4.78, 5) is 2.07. The van der Waals surface area contributed by atoms with Gasteiger partial charge in [0.25, 0.3) is 0 Å². The van der Waals surface area contributed by atoms with Crippen molar-refractivity contribution in [2.45, 2.75) is 38.3 Å². The van der Waals surface area contributed by atoms with Gasteiger partial charge in [-0.15, -0.1) is 21.5 Å². The lowest BCUT2D eigenvalue weighted by Crippen LogP contribution is -2.29. The molecule has 22 heavy (non-hydrogen) atoms. The van der Waals surface area contributed by atoms with Gasteiger partial charge in [-0.3, -0.25) is 0 Å². The molecule has 0 bridgehead atoms. The average molecular weight is 344 g/mol. The zero-order chi connectivity index (χ0) is 16.3. The van der Waals surface area contributed by atoms with Crippen LogP contribution >= 0.6 is 11.3 Å². The van der Waals surface area contributed by atoms with Crippen molar-refractivity contribution in [3.63, 3.8) is 0 Å². The second-order valence-electron chi connectivity index (χ2n) is 5.00. The molecule has 0 aliphatic carbocycles. The van der Waals surface area contributed by atoms with E-state index in [1.807, 2.05) is 6.92 Å². The van der Waals surface area contributed by atoms with Crippen LogP contribution in [0, 0.1) is 13.8 Å². The molecule has 7 nitrogen and oxygen atoms in total. The number of nitrogens with zero attached hydrogens (tertiary/aromatic N) is 3. The fraction of sp³-hybridized carbons (Fsp3) is 0.538. The molecule has 0 aromatic carbocycles. The molecule has 2 rings (SSSR count). The molecule has 1 atom stereocenters. The number of aromatic nitrogens is 3. The predicted molar refractivity (Wildman–Crippen MR) is 84.4 cm³/mol. The average Bonchev–Trinajstić information content (AvgIpc) is 3.02. The van der Waals surface area contributed by atoms with Crippen molar-refractivity contribution >= 4 is 21.4 Å². The first kappa shape index (κ1) is 17.1. The van der Waals surface area contributed by atoms with E-state index >= 15 is 0 Å². The number of hydrogen-bond acceptors (Lipinski definition) is 6. The van der Waals surface area contributed by atoms with Crippen molar-refractivity contribution < 1.29 is 13.2 Å². The molecule has 2 aromatic heterocycles. The lowest BCUT2D eigenvalue weighted by molar-refractivity contribution is 0.185. The Morgan fingerprint density at radius 2 is 2.18 bits per heavy atom. The van der Waals surface area contributed by atoms with Crippen LogP contribution in [-0.4, -0.2) is 36.9 Å². The van der Waals surface area contributed by atoms with E-state index < -0.39 is 16.1 Å². The van der Waals surface area contributed by atoms with Crippen LogP contribution in [0.25, 0.3) is 0 Å². The second-order valence-corrected chi connectivity index (χ2v) is 8.14. The van der Waals surface area contributed by atoms with Gasteiger partial charge in [0.05, 0.1) is 17.5 Å². The van der Waals surface area contributed by atoms with E-state index in [9.17, 15) is 8.42 Å². The van der Waals surface area contributed by atoms with Crippen LogP contribution in [0.15, 0.2) is 17.3 Å². The van der Waals surface area contributed by atoms with Crippen molar-refractivity contribution in [1.82, 2.24) is 19.5 Å². The van der Waals surface area contributed by atoms with Gasteiger partial charge < -0.3 is 9.30 Å². The van der Waals surface area contributed by atoms with Gasteiger partial charge in [-0.2, -0.15) is 0 Å². The molecule has 0 aliphatic rings. The van der Waals surface area contributed by atoms with Gasteiger partial charge in [-0.25, -0.2) is 13.1 Å². The molecular weight excluding hydrogens is 324 g/mol. The summed E-state index contributed by atoms with van der Waals surface area (Å²) in [6.07, 6.45) is 1.57. The summed E-state index contributed by atoms with van der Waals surface area (Å²) in [5, 5.41) is 7.85.